The molecule has 15 heavy (non-hydrogen) atoms. The maximum atomic E-state index is 9.77. The van der Waals surface area contributed by atoms with E-state index in [0.717, 1.165) is 0 Å². The summed E-state index contributed by atoms with van der Waals surface area (Å²) in [5.41, 5.74) is 0.503. The maximum Gasteiger partial charge on any atom is 0.126 e. The Morgan fingerprint density at radius 2 is 2.13 bits per heavy atom. The number of methoxy groups -OCH3 is 1. The largest absolute Gasteiger partial charge is 0.496 e. The van der Waals surface area contributed by atoms with Crippen molar-refractivity contribution in [1.82, 2.24) is 0 Å². The highest BCUT2D eigenvalue weighted by molar-refractivity contribution is 7.80. The zero-order valence-corrected chi connectivity index (χ0v) is 9.87. The predicted octanol–water partition coefficient (Wildman–Crippen LogP) is 1.67. The van der Waals surface area contributed by atoms with E-state index in [1.807, 2.05) is 0 Å². The first-order valence-electron chi connectivity index (χ1n) is 4.40. The molecule has 2 N–H and O–H groups in total. The molecule has 1 rings (SSSR count). The van der Waals surface area contributed by atoms with E-state index in [2.05, 4.69) is 12.6 Å². The fourth-order valence-electron chi connectivity index (χ4n) is 1.24. The molecular weight excluding hydrogens is 236 g/mol. The summed E-state index contributed by atoms with van der Waals surface area (Å²) in [7, 11) is 1.48. The van der Waals surface area contributed by atoms with Crippen molar-refractivity contribution in [2.24, 2.45) is 0 Å². The van der Waals surface area contributed by atoms with Gasteiger partial charge in [-0.3, -0.25) is 0 Å². The molecule has 0 saturated heterocycles. The van der Waals surface area contributed by atoms with Gasteiger partial charge in [0.05, 0.1) is 13.2 Å². The number of benzene rings is 1. The molecule has 0 saturated carbocycles. The van der Waals surface area contributed by atoms with E-state index in [-0.39, 0.29) is 5.75 Å². The van der Waals surface area contributed by atoms with Gasteiger partial charge in [-0.2, -0.15) is 12.6 Å². The average Bonchev–Trinajstić information content (AvgIpc) is 2.26. The highest BCUT2D eigenvalue weighted by atomic mass is 35.5. The van der Waals surface area contributed by atoms with Crippen molar-refractivity contribution in [2.75, 3.05) is 12.9 Å². The third-order valence-corrected chi connectivity index (χ3v) is 2.67. The van der Waals surface area contributed by atoms with Crippen LogP contribution in [0.25, 0.3) is 0 Å². The first-order chi connectivity index (χ1) is 7.10. The van der Waals surface area contributed by atoms with Gasteiger partial charge in [0, 0.05) is 16.3 Å². The number of ether oxygens (including phenoxy) is 1. The Morgan fingerprint density at radius 1 is 1.47 bits per heavy atom. The van der Waals surface area contributed by atoms with Gasteiger partial charge in [-0.15, -0.1) is 0 Å². The fourth-order valence-corrected chi connectivity index (χ4v) is 1.60. The molecule has 0 bridgehead atoms. The Labute approximate surface area is 99.1 Å². The van der Waals surface area contributed by atoms with Crippen LogP contribution >= 0.6 is 24.2 Å². The molecule has 0 spiro atoms. The van der Waals surface area contributed by atoms with Crippen LogP contribution in [0.1, 0.15) is 11.7 Å². The quantitative estimate of drug-likeness (QED) is 0.711. The lowest BCUT2D eigenvalue weighted by Gasteiger charge is -2.18. The number of aliphatic hydroxyl groups excluding tert-OH is 2. The minimum Gasteiger partial charge on any atom is -0.496 e. The van der Waals surface area contributed by atoms with Crippen molar-refractivity contribution in [2.45, 2.75) is 12.2 Å². The summed E-state index contributed by atoms with van der Waals surface area (Å²) in [5.74, 6) is 0.628. The number of aliphatic hydroxyl groups is 2. The fraction of sp³-hybridized carbons (Fsp3) is 0.400. The lowest BCUT2D eigenvalue weighted by molar-refractivity contribution is 0.0322. The van der Waals surface area contributed by atoms with Crippen molar-refractivity contribution >= 4 is 24.2 Å². The van der Waals surface area contributed by atoms with Crippen LogP contribution < -0.4 is 4.74 Å². The molecule has 0 fully saturated rings. The second kappa shape index (κ2) is 5.61. The van der Waals surface area contributed by atoms with Crippen LogP contribution in [0, 0.1) is 0 Å². The maximum absolute atomic E-state index is 9.77. The minimum atomic E-state index is -1.02. The second-order valence-electron chi connectivity index (χ2n) is 3.08. The molecule has 2 atom stereocenters. The van der Waals surface area contributed by atoms with Crippen LogP contribution in [0.4, 0.5) is 0 Å². The highest BCUT2D eigenvalue weighted by Crippen LogP contribution is 2.30. The molecule has 3 nitrogen and oxygen atoms in total. The summed E-state index contributed by atoms with van der Waals surface area (Å²) >= 11 is 9.69. The van der Waals surface area contributed by atoms with Gasteiger partial charge in [0.1, 0.15) is 11.9 Å². The van der Waals surface area contributed by atoms with Gasteiger partial charge in [-0.1, -0.05) is 17.7 Å². The lowest BCUT2D eigenvalue weighted by Crippen LogP contribution is -2.20. The summed E-state index contributed by atoms with van der Waals surface area (Å²) in [5, 5.41) is 19.7. The van der Waals surface area contributed by atoms with Gasteiger partial charge in [-0.05, 0) is 12.1 Å². The van der Waals surface area contributed by atoms with Crippen LogP contribution in [0.3, 0.4) is 0 Å². The van der Waals surface area contributed by atoms with E-state index >= 15 is 0 Å². The van der Waals surface area contributed by atoms with E-state index in [1.165, 1.54) is 7.11 Å². The highest BCUT2D eigenvalue weighted by Gasteiger charge is 2.20. The van der Waals surface area contributed by atoms with Crippen molar-refractivity contribution in [3.05, 3.63) is 28.8 Å². The SMILES string of the molecule is COc1cc(Cl)ccc1C(O)C(O)CS. The Kier molecular flexibility index (Phi) is 4.73. The number of hydrogen-bond donors (Lipinski definition) is 3. The minimum absolute atomic E-state index is 0.174. The average molecular weight is 249 g/mol. The standard InChI is InChI=1S/C10H13ClO3S/c1-14-9-4-6(11)2-3-7(9)10(13)8(12)5-15/h2-4,8,10,12-13,15H,5H2,1H3. The number of halogens is 1. The Morgan fingerprint density at radius 3 is 2.67 bits per heavy atom. The van der Waals surface area contributed by atoms with Gasteiger partial charge >= 0.3 is 0 Å². The van der Waals surface area contributed by atoms with Crippen molar-refractivity contribution in [3.8, 4) is 5.75 Å². The molecule has 1 aromatic rings. The molecule has 0 radical (unpaired) electrons. The van der Waals surface area contributed by atoms with Gasteiger partial charge in [0.15, 0.2) is 0 Å². The third-order valence-electron chi connectivity index (χ3n) is 2.07. The van der Waals surface area contributed by atoms with E-state index in [9.17, 15) is 10.2 Å². The van der Waals surface area contributed by atoms with Crippen LogP contribution in [0.2, 0.25) is 5.02 Å². The van der Waals surface area contributed by atoms with E-state index < -0.39 is 12.2 Å². The number of thiol groups is 1. The molecular formula is C10H13ClO3S. The molecule has 0 heterocycles. The third kappa shape index (κ3) is 3.01. The van der Waals surface area contributed by atoms with Crippen LogP contribution in [0.5, 0.6) is 5.75 Å². The van der Waals surface area contributed by atoms with E-state index in [1.54, 1.807) is 18.2 Å². The summed E-state index contributed by atoms with van der Waals surface area (Å²) in [6.45, 7) is 0. The van der Waals surface area contributed by atoms with Crippen LogP contribution in [-0.2, 0) is 0 Å². The van der Waals surface area contributed by atoms with E-state index in [0.29, 0.717) is 16.3 Å². The van der Waals surface area contributed by atoms with Gasteiger partial charge < -0.3 is 14.9 Å². The van der Waals surface area contributed by atoms with Gasteiger partial charge in [0.25, 0.3) is 0 Å². The Balaban J connectivity index is 3.02. The number of rotatable bonds is 4. The topological polar surface area (TPSA) is 49.7 Å². The molecule has 2 unspecified atom stereocenters. The molecule has 84 valence electrons. The van der Waals surface area contributed by atoms with Crippen molar-refractivity contribution < 1.29 is 14.9 Å². The molecule has 0 amide bonds. The van der Waals surface area contributed by atoms with Crippen LogP contribution in [0.15, 0.2) is 18.2 Å². The monoisotopic (exact) mass is 248 g/mol. The van der Waals surface area contributed by atoms with Crippen molar-refractivity contribution in [3.63, 3.8) is 0 Å². The molecule has 0 aliphatic carbocycles. The Hall–Kier alpha value is -0.420. The second-order valence-corrected chi connectivity index (χ2v) is 3.88. The molecule has 0 aliphatic rings. The first-order valence-corrected chi connectivity index (χ1v) is 5.41. The first kappa shape index (κ1) is 12.6. The van der Waals surface area contributed by atoms with Gasteiger partial charge in [-0.25, -0.2) is 0 Å². The Bertz CT molecular complexity index is 332. The smallest absolute Gasteiger partial charge is 0.126 e. The summed E-state index contributed by atoms with van der Waals surface area (Å²) in [6.07, 6.45) is -1.95. The zero-order valence-electron chi connectivity index (χ0n) is 8.22. The predicted molar refractivity (Wildman–Crippen MR) is 62.8 cm³/mol. The van der Waals surface area contributed by atoms with Crippen LogP contribution in [-0.4, -0.2) is 29.2 Å². The summed E-state index contributed by atoms with van der Waals surface area (Å²) in [4.78, 5) is 0. The molecule has 0 aliphatic heterocycles. The molecule has 5 heteroatoms. The molecule has 0 aromatic heterocycles. The molecule has 1 aromatic carbocycles. The van der Waals surface area contributed by atoms with Gasteiger partial charge in [0.2, 0.25) is 0 Å². The van der Waals surface area contributed by atoms with Crippen molar-refractivity contribution in [1.29, 1.82) is 0 Å². The zero-order chi connectivity index (χ0) is 11.4. The normalized spacial score (nSPS) is 14.7. The van der Waals surface area contributed by atoms with E-state index in [4.69, 9.17) is 16.3 Å². The summed E-state index contributed by atoms with van der Waals surface area (Å²) < 4.78 is 5.06. The summed E-state index contributed by atoms with van der Waals surface area (Å²) in [6, 6.07) is 4.84. The number of hydrogen-bond acceptors (Lipinski definition) is 4. The lowest BCUT2D eigenvalue weighted by atomic mass is 10.0.